The number of anilines is 1. The first kappa shape index (κ1) is 17.9. The summed E-state index contributed by atoms with van der Waals surface area (Å²) in [7, 11) is 0. The predicted molar refractivity (Wildman–Crippen MR) is 98.7 cm³/mol. The highest BCUT2D eigenvalue weighted by atomic mass is 16.5. The van der Waals surface area contributed by atoms with Crippen LogP contribution in [0.5, 0.6) is 0 Å². The standard InChI is InChI=1S/C21H21NO4/c1-13(23)26-12-21(2,3)11-22-17-10-6-9-16-18(17)20(25)15-8-5-4-7-14(15)19(16)24/h4-10,22H,11-12H2,1-3H3. The van der Waals surface area contributed by atoms with Crippen molar-refractivity contribution >= 4 is 23.2 Å². The molecule has 3 rings (SSSR count). The Hall–Kier alpha value is -2.95. The third kappa shape index (κ3) is 3.38. The lowest BCUT2D eigenvalue weighted by Gasteiger charge is -2.26. The molecule has 1 aliphatic rings. The van der Waals surface area contributed by atoms with Crippen molar-refractivity contribution in [3.05, 3.63) is 64.7 Å². The average Bonchev–Trinajstić information content (AvgIpc) is 2.63. The summed E-state index contributed by atoms with van der Waals surface area (Å²) in [5, 5.41) is 3.25. The molecular weight excluding hydrogens is 330 g/mol. The van der Waals surface area contributed by atoms with E-state index >= 15 is 0 Å². The molecule has 0 aliphatic heterocycles. The molecule has 2 aromatic rings. The third-order valence-corrected chi connectivity index (χ3v) is 4.38. The first-order valence-corrected chi connectivity index (χ1v) is 8.49. The predicted octanol–water partition coefficient (Wildman–Crippen LogP) is 3.46. The molecule has 0 unspecified atom stereocenters. The minimum absolute atomic E-state index is 0.141. The first-order valence-electron chi connectivity index (χ1n) is 8.49. The molecule has 1 aliphatic carbocycles. The Balaban J connectivity index is 1.89. The molecule has 0 amide bonds. The molecule has 5 nitrogen and oxygen atoms in total. The average molecular weight is 351 g/mol. The number of hydrogen-bond donors (Lipinski definition) is 1. The molecule has 134 valence electrons. The van der Waals surface area contributed by atoms with Crippen LogP contribution in [0.1, 0.15) is 52.6 Å². The van der Waals surface area contributed by atoms with Gasteiger partial charge in [-0.25, -0.2) is 0 Å². The van der Waals surface area contributed by atoms with E-state index in [9.17, 15) is 14.4 Å². The summed E-state index contributed by atoms with van der Waals surface area (Å²) in [5.41, 5.74) is 1.98. The Morgan fingerprint density at radius 3 is 2.23 bits per heavy atom. The maximum Gasteiger partial charge on any atom is 0.302 e. The molecule has 2 aromatic carbocycles. The van der Waals surface area contributed by atoms with Gasteiger partial charge in [-0.3, -0.25) is 14.4 Å². The van der Waals surface area contributed by atoms with Crippen LogP contribution in [0.2, 0.25) is 0 Å². The van der Waals surface area contributed by atoms with Gasteiger partial charge < -0.3 is 10.1 Å². The van der Waals surface area contributed by atoms with Gasteiger partial charge in [-0.1, -0.05) is 50.2 Å². The van der Waals surface area contributed by atoms with Gasteiger partial charge in [0.05, 0.1) is 12.2 Å². The molecular formula is C21H21NO4. The number of ether oxygens (including phenoxy) is 1. The topological polar surface area (TPSA) is 72.5 Å². The van der Waals surface area contributed by atoms with Crippen LogP contribution in [0.15, 0.2) is 42.5 Å². The van der Waals surface area contributed by atoms with Gasteiger partial charge >= 0.3 is 5.97 Å². The van der Waals surface area contributed by atoms with Gasteiger partial charge in [0, 0.05) is 41.3 Å². The van der Waals surface area contributed by atoms with E-state index < -0.39 is 0 Å². The van der Waals surface area contributed by atoms with Gasteiger partial charge in [-0.05, 0) is 6.07 Å². The first-order chi connectivity index (χ1) is 12.3. The number of ketones is 2. The summed E-state index contributed by atoms with van der Waals surface area (Å²) in [6, 6.07) is 12.1. The zero-order valence-corrected chi connectivity index (χ0v) is 15.1. The summed E-state index contributed by atoms with van der Waals surface area (Å²) in [4.78, 5) is 36.7. The summed E-state index contributed by atoms with van der Waals surface area (Å²) in [5.74, 6) is -0.623. The van der Waals surface area contributed by atoms with Crippen molar-refractivity contribution in [1.82, 2.24) is 0 Å². The molecule has 0 radical (unpaired) electrons. The fraction of sp³-hybridized carbons (Fsp3) is 0.286. The Bertz CT molecular complexity index is 899. The smallest absolute Gasteiger partial charge is 0.302 e. The lowest BCUT2D eigenvalue weighted by atomic mass is 9.83. The quantitative estimate of drug-likeness (QED) is 0.713. The van der Waals surface area contributed by atoms with E-state index in [1.54, 1.807) is 42.5 Å². The second kappa shape index (κ2) is 6.75. The number of hydrogen-bond acceptors (Lipinski definition) is 5. The molecule has 0 fully saturated rings. The highest BCUT2D eigenvalue weighted by molar-refractivity contribution is 6.30. The van der Waals surface area contributed by atoms with E-state index in [-0.39, 0.29) is 29.6 Å². The molecule has 26 heavy (non-hydrogen) atoms. The largest absolute Gasteiger partial charge is 0.465 e. The Morgan fingerprint density at radius 2 is 1.58 bits per heavy atom. The second-order valence-corrected chi connectivity index (χ2v) is 7.23. The fourth-order valence-corrected chi connectivity index (χ4v) is 2.97. The summed E-state index contributed by atoms with van der Waals surface area (Å²) in [6.07, 6.45) is 0. The number of nitrogens with one attached hydrogen (secondary N) is 1. The lowest BCUT2D eigenvalue weighted by Crippen LogP contribution is -2.30. The van der Waals surface area contributed by atoms with E-state index in [0.29, 0.717) is 34.5 Å². The molecule has 0 aromatic heterocycles. The van der Waals surface area contributed by atoms with Crippen LogP contribution in [0.3, 0.4) is 0 Å². The Kier molecular flexibility index (Phi) is 4.64. The SMILES string of the molecule is CC(=O)OCC(C)(C)CNc1cccc2c1C(=O)c1ccccc1C2=O. The van der Waals surface area contributed by atoms with E-state index in [1.807, 2.05) is 13.8 Å². The number of esters is 1. The lowest BCUT2D eigenvalue weighted by molar-refractivity contribution is -0.143. The van der Waals surface area contributed by atoms with Crippen LogP contribution in [0.4, 0.5) is 5.69 Å². The minimum atomic E-state index is -0.326. The van der Waals surface area contributed by atoms with Crippen LogP contribution >= 0.6 is 0 Å². The molecule has 0 atom stereocenters. The summed E-state index contributed by atoms with van der Waals surface area (Å²) >= 11 is 0. The molecule has 0 saturated heterocycles. The van der Waals surface area contributed by atoms with Crippen LogP contribution in [0.25, 0.3) is 0 Å². The number of rotatable bonds is 5. The molecule has 5 heteroatoms. The molecule has 0 bridgehead atoms. The van der Waals surface area contributed by atoms with Crippen molar-refractivity contribution in [1.29, 1.82) is 0 Å². The maximum atomic E-state index is 13.0. The molecule has 1 N–H and O–H groups in total. The van der Waals surface area contributed by atoms with E-state index in [4.69, 9.17) is 4.74 Å². The van der Waals surface area contributed by atoms with Gasteiger partial charge in [0.15, 0.2) is 11.6 Å². The number of carbonyl (C=O) groups is 3. The van der Waals surface area contributed by atoms with E-state index in [2.05, 4.69) is 5.32 Å². The van der Waals surface area contributed by atoms with E-state index in [0.717, 1.165) is 0 Å². The summed E-state index contributed by atoms with van der Waals surface area (Å²) < 4.78 is 5.09. The Morgan fingerprint density at radius 1 is 0.962 bits per heavy atom. The van der Waals surface area contributed by atoms with E-state index in [1.165, 1.54) is 6.92 Å². The van der Waals surface area contributed by atoms with Gasteiger partial charge in [0.1, 0.15) is 0 Å². The zero-order chi connectivity index (χ0) is 18.9. The van der Waals surface area contributed by atoms with Crippen molar-refractivity contribution in [3.8, 4) is 0 Å². The molecule has 0 heterocycles. The number of carbonyl (C=O) groups excluding carboxylic acids is 3. The monoisotopic (exact) mass is 351 g/mol. The maximum absolute atomic E-state index is 13.0. The van der Waals surface area contributed by atoms with Gasteiger partial charge in [-0.15, -0.1) is 0 Å². The Labute approximate surface area is 152 Å². The van der Waals surface area contributed by atoms with Crippen molar-refractivity contribution in [2.24, 2.45) is 5.41 Å². The summed E-state index contributed by atoms with van der Waals surface area (Å²) in [6.45, 7) is 6.04. The number of benzene rings is 2. The van der Waals surface area contributed by atoms with Crippen LogP contribution in [-0.4, -0.2) is 30.7 Å². The van der Waals surface area contributed by atoms with Crippen molar-refractivity contribution in [2.45, 2.75) is 20.8 Å². The molecule has 0 spiro atoms. The van der Waals surface area contributed by atoms with Crippen molar-refractivity contribution in [3.63, 3.8) is 0 Å². The van der Waals surface area contributed by atoms with Crippen LogP contribution in [0, 0.1) is 5.41 Å². The number of fused-ring (bicyclic) bond motifs is 2. The molecule has 0 saturated carbocycles. The van der Waals surface area contributed by atoms with Crippen LogP contribution < -0.4 is 5.32 Å². The normalized spacial score (nSPS) is 13.0. The highest BCUT2D eigenvalue weighted by Crippen LogP contribution is 2.32. The second-order valence-electron chi connectivity index (χ2n) is 7.23. The van der Waals surface area contributed by atoms with Crippen molar-refractivity contribution < 1.29 is 19.1 Å². The third-order valence-electron chi connectivity index (χ3n) is 4.38. The zero-order valence-electron chi connectivity index (χ0n) is 15.1. The highest BCUT2D eigenvalue weighted by Gasteiger charge is 2.31. The van der Waals surface area contributed by atoms with Gasteiger partial charge in [-0.2, -0.15) is 0 Å². The van der Waals surface area contributed by atoms with Crippen LogP contribution in [-0.2, 0) is 9.53 Å². The van der Waals surface area contributed by atoms with Crippen molar-refractivity contribution in [2.75, 3.05) is 18.5 Å². The van der Waals surface area contributed by atoms with Gasteiger partial charge in [0.25, 0.3) is 0 Å². The minimum Gasteiger partial charge on any atom is -0.465 e. The fourth-order valence-electron chi connectivity index (χ4n) is 2.97. The van der Waals surface area contributed by atoms with Gasteiger partial charge in [0.2, 0.25) is 0 Å².